The standard InChI is InChI=1S/C26H31F5O2/c1-3-5-6-7-8-9-11-18-12-14-19(15-13-18)20-16-17-21(24(28)23(20)27)25(32)33-22(10-4-2)26(29,30)31/h12-17,22H,3-11H2,1-2H3. The molecule has 0 aliphatic rings. The third-order valence-electron chi connectivity index (χ3n) is 5.55. The minimum Gasteiger partial charge on any atom is -0.449 e. The predicted octanol–water partition coefficient (Wildman–Crippen LogP) is 8.42. The van der Waals surface area contributed by atoms with Gasteiger partial charge in [-0.25, -0.2) is 13.6 Å². The second-order valence-corrected chi connectivity index (χ2v) is 8.23. The molecule has 2 nitrogen and oxygen atoms in total. The Hall–Kier alpha value is -2.44. The molecule has 0 fully saturated rings. The summed E-state index contributed by atoms with van der Waals surface area (Å²) >= 11 is 0. The summed E-state index contributed by atoms with van der Waals surface area (Å²) in [5, 5.41) is 0. The number of esters is 1. The molecule has 0 saturated carbocycles. The summed E-state index contributed by atoms with van der Waals surface area (Å²) in [6, 6.07) is 9.17. The molecule has 0 aliphatic carbocycles. The SMILES string of the molecule is CCCCCCCCc1ccc(-c2ccc(C(=O)OC(CCC)C(F)(F)F)c(F)c2F)cc1. The molecule has 0 heterocycles. The molecule has 0 amide bonds. The van der Waals surface area contributed by atoms with E-state index < -0.39 is 41.9 Å². The van der Waals surface area contributed by atoms with Crippen molar-refractivity contribution in [1.29, 1.82) is 0 Å². The van der Waals surface area contributed by atoms with Crippen molar-refractivity contribution in [2.75, 3.05) is 0 Å². The molecule has 182 valence electrons. The van der Waals surface area contributed by atoms with Gasteiger partial charge in [-0.05, 0) is 36.5 Å². The van der Waals surface area contributed by atoms with Crippen LogP contribution >= 0.6 is 0 Å². The Morgan fingerprint density at radius 3 is 2.09 bits per heavy atom. The van der Waals surface area contributed by atoms with E-state index in [1.807, 2.05) is 12.1 Å². The van der Waals surface area contributed by atoms with Crippen molar-refractivity contribution in [2.24, 2.45) is 0 Å². The first kappa shape index (κ1) is 26.8. The number of carbonyl (C=O) groups is 1. The molecule has 0 saturated heterocycles. The second kappa shape index (κ2) is 12.7. The Bertz CT molecular complexity index is 891. The summed E-state index contributed by atoms with van der Waals surface area (Å²) in [5.74, 6) is -4.36. The highest BCUT2D eigenvalue weighted by molar-refractivity contribution is 5.90. The van der Waals surface area contributed by atoms with Gasteiger partial charge in [-0.2, -0.15) is 13.2 Å². The van der Waals surface area contributed by atoms with Gasteiger partial charge in [0.25, 0.3) is 0 Å². The van der Waals surface area contributed by atoms with E-state index in [4.69, 9.17) is 0 Å². The molecular formula is C26H31F5O2. The quantitative estimate of drug-likeness (QED) is 0.177. The summed E-state index contributed by atoms with van der Waals surface area (Å²) < 4.78 is 72.6. The third kappa shape index (κ3) is 7.83. The number of halogens is 5. The van der Waals surface area contributed by atoms with Crippen molar-refractivity contribution in [2.45, 2.75) is 83.9 Å². The van der Waals surface area contributed by atoms with Gasteiger partial charge in [-0.1, -0.05) is 82.7 Å². The van der Waals surface area contributed by atoms with Crippen LogP contribution in [-0.2, 0) is 11.2 Å². The average Bonchev–Trinajstić information content (AvgIpc) is 2.77. The molecule has 2 aromatic rings. The van der Waals surface area contributed by atoms with E-state index in [1.165, 1.54) is 38.7 Å². The molecule has 33 heavy (non-hydrogen) atoms. The summed E-state index contributed by atoms with van der Waals surface area (Å²) in [6.07, 6.45) is 0.493. The van der Waals surface area contributed by atoms with Gasteiger partial charge in [0.15, 0.2) is 17.7 Å². The number of aryl methyl sites for hydroxylation is 1. The normalized spacial score (nSPS) is 12.6. The minimum atomic E-state index is -4.78. The van der Waals surface area contributed by atoms with Crippen LogP contribution in [0.2, 0.25) is 0 Å². The summed E-state index contributed by atoms with van der Waals surface area (Å²) in [4.78, 5) is 12.1. The smallest absolute Gasteiger partial charge is 0.425 e. The van der Waals surface area contributed by atoms with Crippen molar-refractivity contribution in [3.05, 3.63) is 59.2 Å². The lowest BCUT2D eigenvalue weighted by atomic mass is 9.99. The first-order valence-electron chi connectivity index (χ1n) is 11.5. The largest absolute Gasteiger partial charge is 0.449 e. The Morgan fingerprint density at radius 1 is 0.848 bits per heavy atom. The maximum atomic E-state index is 14.7. The van der Waals surface area contributed by atoms with Crippen molar-refractivity contribution < 1.29 is 31.5 Å². The van der Waals surface area contributed by atoms with Crippen LogP contribution in [0.15, 0.2) is 36.4 Å². The molecule has 7 heteroatoms. The molecule has 1 unspecified atom stereocenters. The van der Waals surface area contributed by atoms with Crippen molar-refractivity contribution in [3.8, 4) is 11.1 Å². The van der Waals surface area contributed by atoms with Crippen molar-refractivity contribution in [1.82, 2.24) is 0 Å². The summed E-state index contributed by atoms with van der Waals surface area (Å²) in [5.41, 5.74) is 0.569. The topological polar surface area (TPSA) is 26.3 Å². The van der Waals surface area contributed by atoms with Gasteiger partial charge >= 0.3 is 12.1 Å². The Balaban J connectivity index is 2.08. The van der Waals surface area contributed by atoms with Crippen molar-refractivity contribution >= 4 is 5.97 Å². The number of rotatable bonds is 12. The average molecular weight is 471 g/mol. The number of carbonyl (C=O) groups excluding carboxylic acids is 1. The van der Waals surface area contributed by atoms with E-state index in [0.717, 1.165) is 30.9 Å². The lowest BCUT2D eigenvalue weighted by molar-refractivity contribution is -0.206. The Morgan fingerprint density at radius 2 is 1.48 bits per heavy atom. The maximum absolute atomic E-state index is 14.7. The molecule has 0 spiro atoms. The summed E-state index contributed by atoms with van der Waals surface area (Å²) in [6.45, 7) is 3.67. The highest BCUT2D eigenvalue weighted by Gasteiger charge is 2.42. The molecule has 2 rings (SSSR count). The van der Waals surface area contributed by atoms with Gasteiger partial charge in [-0.3, -0.25) is 0 Å². The summed E-state index contributed by atoms with van der Waals surface area (Å²) in [7, 11) is 0. The van der Waals surface area contributed by atoms with Crippen LogP contribution in [0.1, 0.15) is 81.1 Å². The maximum Gasteiger partial charge on any atom is 0.425 e. The number of hydrogen-bond donors (Lipinski definition) is 0. The molecule has 0 aromatic heterocycles. The lowest BCUT2D eigenvalue weighted by Crippen LogP contribution is -2.34. The van der Waals surface area contributed by atoms with E-state index in [0.29, 0.717) is 5.56 Å². The van der Waals surface area contributed by atoms with Gasteiger partial charge < -0.3 is 4.74 Å². The first-order chi connectivity index (χ1) is 15.7. The fourth-order valence-corrected chi connectivity index (χ4v) is 3.63. The monoisotopic (exact) mass is 470 g/mol. The molecular weight excluding hydrogens is 439 g/mol. The second-order valence-electron chi connectivity index (χ2n) is 8.23. The van der Waals surface area contributed by atoms with Gasteiger partial charge in [0.05, 0.1) is 5.56 Å². The molecule has 2 aromatic carbocycles. The van der Waals surface area contributed by atoms with Crippen LogP contribution in [-0.4, -0.2) is 18.2 Å². The van der Waals surface area contributed by atoms with Crippen LogP contribution in [0.25, 0.3) is 11.1 Å². The van der Waals surface area contributed by atoms with E-state index in [9.17, 15) is 26.7 Å². The van der Waals surface area contributed by atoms with Crippen LogP contribution in [0.3, 0.4) is 0 Å². The number of alkyl halides is 3. The zero-order valence-electron chi connectivity index (χ0n) is 19.1. The lowest BCUT2D eigenvalue weighted by Gasteiger charge is -2.20. The van der Waals surface area contributed by atoms with Gasteiger partial charge in [-0.15, -0.1) is 0 Å². The Labute approximate surface area is 192 Å². The predicted molar refractivity (Wildman–Crippen MR) is 119 cm³/mol. The van der Waals surface area contributed by atoms with E-state index >= 15 is 0 Å². The highest BCUT2D eigenvalue weighted by Crippen LogP contribution is 2.30. The van der Waals surface area contributed by atoms with Crippen LogP contribution in [0.4, 0.5) is 22.0 Å². The highest BCUT2D eigenvalue weighted by atomic mass is 19.4. The number of unbranched alkanes of at least 4 members (excludes halogenated alkanes) is 5. The van der Waals surface area contributed by atoms with Crippen LogP contribution in [0, 0.1) is 11.6 Å². The molecule has 0 radical (unpaired) electrons. The minimum absolute atomic E-state index is 0.0731. The first-order valence-corrected chi connectivity index (χ1v) is 11.5. The molecule has 0 bridgehead atoms. The molecule has 0 N–H and O–H groups in total. The third-order valence-corrected chi connectivity index (χ3v) is 5.55. The molecule has 0 aliphatic heterocycles. The Kier molecular flexibility index (Phi) is 10.3. The fourth-order valence-electron chi connectivity index (χ4n) is 3.63. The van der Waals surface area contributed by atoms with E-state index in [2.05, 4.69) is 11.7 Å². The van der Waals surface area contributed by atoms with Gasteiger partial charge in [0.2, 0.25) is 0 Å². The number of benzene rings is 2. The molecule has 1 atom stereocenters. The van der Waals surface area contributed by atoms with Crippen LogP contribution < -0.4 is 0 Å². The van der Waals surface area contributed by atoms with E-state index in [-0.39, 0.29) is 12.0 Å². The fraction of sp³-hybridized carbons (Fsp3) is 0.500. The number of hydrogen-bond acceptors (Lipinski definition) is 2. The van der Waals surface area contributed by atoms with Crippen molar-refractivity contribution in [3.63, 3.8) is 0 Å². The zero-order valence-corrected chi connectivity index (χ0v) is 19.1. The van der Waals surface area contributed by atoms with E-state index in [1.54, 1.807) is 12.1 Å². The van der Waals surface area contributed by atoms with Gasteiger partial charge in [0, 0.05) is 5.56 Å². The van der Waals surface area contributed by atoms with Crippen LogP contribution in [0.5, 0.6) is 0 Å². The number of ether oxygens (including phenoxy) is 1. The van der Waals surface area contributed by atoms with Gasteiger partial charge in [0.1, 0.15) is 0 Å². The zero-order chi connectivity index (χ0) is 24.4.